The fourth-order valence-electron chi connectivity index (χ4n) is 4.15. The monoisotopic (exact) mass is 386 g/mol. The Morgan fingerprint density at radius 1 is 1.19 bits per heavy atom. The highest BCUT2D eigenvalue weighted by Gasteiger charge is 2.30. The largest absolute Gasteiger partial charge is 0.487 e. The highest BCUT2D eigenvalue weighted by molar-refractivity contribution is 7.89. The summed E-state index contributed by atoms with van der Waals surface area (Å²) >= 11 is 0. The molecule has 2 heterocycles. The molecule has 6 heteroatoms. The van der Waals surface area contributed by atoms with Gasteiger partial charge in [-0.05, 0) is 61.7 Å². The average Bonchev–Trinajstić information content (AvgIpc) is 2.94. The number of sulfonamides is 1. The van der Waals surface area contributed by atoms with E-state index in [4.69, 9.17) is 4.74 Å². The lowest BCUT2D eigenvalue weighted by Crippen LogP contribution is -2.32. The van der Waals surface area contributed by atoms with Crippen LogP contribution in [0, 0.1) is 0 Å². The Balaban J connectivity index is 1.53. The van der Waals surface area contributed by atoms with Gasteiger partial charge in [0.2, 0.25) is 10.0 Å². The summed E-state index contributed by atoms with van der Waals surface area (Å²) in [5.74, 6) is 0.995. The number of fused-ring (bicyclic) bond motifs is 2. The summed E-state index contributed by atoms with van der Waals surface area (Å²) < 4.78 is 32.9. The molecular formula is C21H26N2O3S. The van der Waals surface area contributed by atoms with Crippen LogP contribution >= 0.6 is 0 Å². The zero-order chi connectivity index (χ0) is 19.2. The molecule has 2 aliphatic rings. The molecule has 144 valence electrons. The van der Waals surface area contributed by atoms with Crippen LogP contribution in [0.1, 0.15) is 36.1 Å². The highest BCUT2D eigenvalue weighted by atomic mass is 32.2. The second-order valence-corrected chi connectivity index (χ2v) is 9.90. The molecule has 0 atom stereocenters. The van der Waals surface area contributed by atoms with Crippen LogP contribution in [0.4, 0.5) is 0 Å². The van der Waals surface area contributed by atoms with Crippen LogP contribution in [0.5, 0.6) is 5.75 Å². The van der Waals surface area contributed by atoms with E-state index >= 15 is 0 Å². The van der Waals surface area contributed by atoms with E-state index in [1.807, 2.05) is 12.1 Å². The van der Waals surface area contributed by atoms with E-state index in [2.05, 4.69) is 41.7 Å². The van der Waals surface area contributed by atoms with Gasteiger partial charge in [0.05, 0.1) is 4.90 Å². The number of ether oxygens (including phenoxy) is 1. The van der Waals surface area contributed by atoms with Crippen LogP contribution < -0.4 is 9.46 Å². The van der Waals surface area contributed by atoms with Crippen molar-refractivity contribution >= 4 is 10.0 Å². The molecule has 5 nitrogen and oxygen atoms in total. The molecule has 2 aromatic carbocycles. The topological polar surface area (TPSA) is 58.6 Å². The van der Waals surface area contributed by atoms with Crippen LogP contribution in [0.3, 0.4) is 0 Å². The van der Waals surface area contributed by atoms with Crippen molar-refractivity contribution in [2.24, 2.45) is 0 Å². The van der Waals surface area contributed by atoms with Crippen molar-refractivity contribution in [3.8, 4) is 5.75 Å². The number of benzene rings is 2. The molecule has 0 aliphatic carbocycles. The van der Waals surface area contributed by atoms with E-state index in [0.717, 1.165) is 49.4 Å². The predicted octanol–water partition coefficient (Wildman–Crippen LogP) is 2.87. The van der Waals surface area contributed by atoms with Gasteiger partial charge < -0.3 is 4.74 Å². The molecule has 1 N–H and O–H groups in total. The molecule has 4 rings (SSSR count). The van der Waals surface area contributed by atoms with E-state index in [9.17, 15) is 8.42 Å². The smallest absolute Gasteiger partial charge is 0.240 e. The van der Waals surface area contributed by atoms with Crippen molar-refractivity contribution in [1.29, 1.82) is 0 Å². The van der Waals surface area contributed by atoms with Gasteiger partial charge >= 0.3 is 0 Å². The lowest BCUT2D eigenvalue weighted by molar-refractivity contribution is 0.138. The van der Waals surface area contributed by atoms with E-state index in [1.54, 1.807) is 6.07 Å². The summed E-state index contributed by atoms with van der Waals surface area (Å²) in [6, 6.07) is 12.0. The molecule has 0 saturated heterocycles. The van der Waals surface area contributed by atoms with E-state index in [0.29, 0.717) is 4.90 Å². The minimum atomic E-state index is -3.42. The van der Waals surface area contributed by atoms with Crippen LogP contribution in [-0.4, -0.2) is 32.5 Å². The van der Waals surface area contributed by atoms with Gasteiger partial charge in [-0.3, -0.25) is 4.90 Å². The van der Waals surface area contributed by atoms with Crippen molar-refractivity contribution in [2.75, 3.05) is 13.6 Å². The summed E-state index contributed by atoms with van der Waals surface area (Å²) in [6.45, 7) is 6.70. The second kappa shape index (κ2) is 6.62. The minimum Gasteiger partial charge on any atom is -0.487 e. The van der Waals surface area contributed by atoms with Crippen molar-refractivity contribution in [2.45, 2.75) is 50.3 Å². The standard InChI is InChI=1S/C21H26N2O3S/c1-21(2)12-17-11-15(7-8-19(17)26-21)13-23-10-9-18-16(14-23)5-4-6-20(18)27(24,25)22-3/h4-8,11,22H,9-10,12-14H2,1-3H3. The van der Waals surface area contributed by atoms with Crippen molar-refractivity contribution in [3.05, 3.63) is 58.7 Å². The Morgan fingerprint density at radius 2 is 2.00 bits per heavy atom. The van der Waals surface area contributed by atoms with Gasteiger partial charge in [-0.2, -0.15) is 0 Å². The molecule has 0 radical (unpaired) electrons. The average molecular weight is 387 g/mol. The summed E-state index contributed by atoms with van der Waals surface area (Å²) in [4.78, 5) is 2.79. The maximum absolute atomic E-state index is 12.3. The molecule has 0 saturated carbocycles. The zero-order valence-electron chi connectivity index (χ0n) is 16.1. The SMILES string of the molecule is CNS(=O)(=O)c1cccc2c1CCN(Cc1ccc3c(c1)CC(C)(C)O3)C2. The molecule has 2 aliphatic heterocycles. The third-order valence-electron chi connectivity index (χ3n) is 5.39. The van der Waals surface area contributed by atoms with Crippen molar-refractivity contribution in [1.82, 2.24) is 9.62 Å². The van der Waals surface area contributed by atoms with Gasteiger partial charge in [0.1, 0.15) is 11.4 Å². The Labute approximate surface area is 161 Å². The molecular weight excluding hydrogens is 360 g/mol. The Kier molecular flexibility index (Phi) is 4.53. The number of nitrogens with one attached hydrogen (secondary N) is 1. The summed E-state index contributed by atoms with van der Waals surface area (Å²) in [7, 11) is -1.96. The molecule has 27 heavy (non-hydrogen) atoms. The highest BCUT2D eigenvalue weighted by Crippen LogP contribution is 2.35. The molecule has 0 aromatic heterocycles. The van der Waals surface area contributed by atoms with Crippen LogP contribution in [0.2, 0.25) is 0 Å². The first kappa shape index (κ1) is 18.5. The van der Waals surface area contributed by atoms with Gasteiger partial charge in [0.25, 0.3) is 0 Å². The minimum absolute atomic E-state index is 0.125. The van der Waals surface area contributed by atoms with Crippen LogP contribution in [-0.2, 0) is 36.0 Å². The lowest BCUT2D eigenvalue weighted by Gasteiger charge is -2.30. The van der Waals surface area contributed by atoms with Gasteiger partial charge in [0, 0.05) is 26.1 Å². The number of rotatable bonds is 4. The summed E-state index contributed by atoms with van der Waals surface area (Å²) in [5.41, 5.74) is 4.48. The normalized spacial score (nSPS) is 18.6. The molecule has 0 fully saturated rings. The maximum Gasteiger partial charge on any atom is 0.240 e. The number of nitrogens with zero attached hydrogens (tertiary/aromatic N) is 1. The molecule has 2 aromatic rings. The Morgan fingerprint density at radius 3 is 2.78 bits per heavy atom. The summed E-state index contributed by atoms with van der Waals surface area (Å²) in [6.07, 6.45) is 1.68. The second-order valence-electron chi connectivity index (χ2n) is 8.04. The third kappa shape index (κ3) is 3.61. The Bertz CT molecular complexity index is 983. The fourth-order valence-corrected chi connectivity index (χ4v) is 5.18. The van der Waals surface area contributed by atoms with Crippen molar-refractivity contribution < 1.29 is 13.2 Å². The van der Waals surface area contributed by atoms with E-state index < -0.39 is 10.0 Å². The van der Waals surface area contributed by atoms with E-state index in [1.165, 1.54) is 18.2 Å². The van der Waals surface area contributed by atoms with Gasteiger partial charge in [-0.15, -0.1) is 0 Å². The molecule has 0 amide bonds. The van der Waals surface area contributed by atoms with E-state index in [-0.39, 0.29) is 5.60 Å². The number of hydrogen-bond donors (Lipinski definition) is 1. The van der Waals surface area contributed by atoms with Crippen LogP contribution in [0.25, 0.3) is 0 Å². The van der Waals surface area contributed by atoms with Gasteiger partial charge in [-0.25, -0.2) is 13.1 Å². The van der Waals surface area contributed by atoms with Gasteiger partial charge in [0.15, 0.2) is 0 Å². The molecule has 0 bridgehead atoms. The zero-order valence-corrected chi connectivity index (χ0v) is 16.9. The van der Waals surface area contributed by atoms with Gasteiger partial charge in [-0.1, -0.05) is 24.3 Å². The fraction of sp³-hybridized carbons (Fsp3) is 0.429. The maximum atomic E-state index is 12.3. The third-order valence-corrected chi connectivity index (χ3v) is 6.89. The van der Waals surface area contributed by atoms with Crippen molar-refractivity contribution in [3.63, 3.8) is 0 Å². The first-order valence-corrected chi connectivity index (χ1v) is 10.8. The molecule has 0 spiro atoms. The number of hydrogen-bond acceptors (Lipinski definition) is 4. The molecule has 0 unspecified atom stereocenters. The Hall–Kier alpha value is -1.89. The lowest BCUT2D eigenvalue weighted by atomic mass is 9.98. The predicted molar refractivity (Wildman–Crippen MR) is 105 cm³/mol. The summed E-state index contributed by atoms with van der Waals surface area (Å²) in [5, 5.41) is 0. The van der Waals surface area contributed by atoms with Crippen LogP contribution in [0.15, 0.2) is 41.3 Å². The first-order valence-electron chi connectivity index (χ1n) is 9.35. The first-order chi connectivity index (χ1) is 12.8. The quantitative estimate of drug-likeness (QED) is 0.878.